The first-order chi connectivity index (χ1) is 16.1. The molecule has 1 unspecified atom stereocenters. The Morgan fingerprint density at radius 3 is 2.64 bits per heavy atom. The molecule has 1 aromatic heterocycles. The van der Waals surface area contributed by atoms with E-state index >= 15 is 0 Å². The number of hydrogen-bond acceptors (Lipinski definition) is 3. The van der Waals surface area contributed by atoms with E-state index < -0.39 is 6.04 Å². The Kier molecular flexibility index (Phi) is 5.38. The van der Waals surface area contributed by atoms with Gasteiger partial charge in [0.05, 0.1) is 19.9 Å². The van der Waals surface area contributed by atoms with Crippen LogP contribution in [0.3, 0.4) is 0 Å². The molecule has 0 saturated carbocycles. The number of nitrogens with zero attached hydrogens (tertiary/aromatic N) is 1. The van der Waals surface area contributed by atoms with E-state index in [9.17, 15) is 9.18 Å². The zero-order valence-corrected chi connectivity index (χ0v) is 18.4. The van der Waals surface area contributed by atoms with Crippen LogP contribution >= 0.6 is 0 Å². The highest BCUT2D eigenvalue weighted by molar-refractivity contribution is 5.93. The lowest BCUT2D eigenvalue weighted by Gasteiger charge is -2.36. The predicted octanol–water partition coefficient (Wildman–Crippen LogP) is 5.50. The molecule has 168 valence electrons. The summed E-state index contributed by atoms with van der Waals surface area (Å²) in [7, 11) is 3.10. The number of fused-ring (bicyclic) bond motifs is 3. The molecule has 7 heteroatoms. The molecule has 0 bridgehead atoms. The molecule has 2 amide bonds. The standard InChI is InChI=1S/C26H24FN3O3/c1-32-16-11-12-22(23(15-16)33-2)29-26(31)30-14-13-18-17-7-4-6-10-21(17)28-24(18)25(30)19-8-3-5-9-20(19)27/h3-12,15,25,28H,13-14H2,1-2H3,(H,29,31). The second-order valence-electron chi connectivity index (χ2n) is 7.93. The number of H-pyrrole nitrogens is 1. The second-order valence-corrected chi connectivity index (χ2v) is 7.93. The number of aromatic nitrogens is 1. The van der Waals surface area contributed by atoms with Crippen LogP contribution in [-0.2, 0) is 6.42 Å². The molecule has 2 heterocycles. The highest BCUT2D eigenvalue weighted by Gasteiger charge is 2.36. The molecule has 0 aliphatic carbocycles. The number of urea groups is 1. The van der Waals surface area contributed by atoms with Crippen LogP contribution in [0.4, 0.5) is 14.9 Å². The lowest BCUT2D eigenvalue weighted by molar-refractivity contribution is 0.191. The Bertz CT molecular complexity index is 1330. The van der Waals surface area contributed by atoms with Gasteiger partial charge in [-0.25, -0.2) is 9.18 Å². The van der Waals surface area contributed by atoms with Crippen molar-refractivity contribution in [3.8, 4) is 11.5 Å². The minimum atomic E-state index is -0.591. The summed E-state index contributed by atoms with van der Waals surface area (Å²) in [6, 6.07) is 18.9. The normalized spacial score (nSPS) is 15.2. The van der Waals surface area contributed by atoms with E-state index in [2.05, 4.69) is 16.4 Å². The number of halogens is 1. The van der Waals surface area contributed by atoms with Crippen LogP contribution in [0.25, 0.3) is 10.9 Å². The van der Waals surface area contributed by atoms with Crippen molar-refractivity contribution in [1.82, 2.24) is 9.88 Å². The summed E-state index contributed by atoms with van der Waals surface area (Å²) in [6.07, 6.45) is 0.664. The number of carbonyl (C=O) groups is 1. The van der Waals surface area contributed by atoms with Crippen LogP contribution in [0.5, 0.6) is 11.5 Å². The fourth-order valence-electron chi connectivity index (χ4n) is 4.57. The molecule has 0 radical (unpaired) electrons. The van der Waals surface area contributed by atoms with E-state index in [1.165, 1.54) is 13.2 Å². The van der Waals surface area contributed by atoms with E-state index in [0.717, 1.165) is 22.2 Å². The first kappa shape index (κ1) is 20.9. The van der Waals surface area contributed by atoms with Gasteiger partial charge in [0.2, 0.25) is 0 Å². The third-order valence-corrected chi connectivity index (χ3v) is 6.15. The Morgan fingerprint density at radius 1 is 1.06 bits per heavy atom. The van der Waals surface area contributed by atoms with Gasteiger partial charge in [-0.1, -0.05) is 36.4 Å². The number of methoxy groups -OCH3 is 2. The van der Waals surface area contributed by atoms with Crippen molar-refractivity contribution < 1.29 is 18.7 Å². The van der Waals surface area contributed by atoms with Gasteiger partial charge in [0, 0.05) is 34.8 Å². The fourth-order valence-corrected chi connectivity index (χ4v) is 4.57. The van der Waals surface area contributed by atoms with E-state index in [0.29, 0.717) is 35.7 Å². The van der Waals surface area contributed by atoms with Gasteiger partial charge in [-0.05, 0) is 36.2 Å². The molecule has 0 saturated heterocycles. The number of benzene rings is 3. The van der Waals surface area contributed by atoms with Crippen molar-refractivity contribution in [2.75, 3.05) is 26.1 Å². The highest BCUT2D eigenvalue weighted by Crippen LogP contribution is 2.40. The molecule has 1 aliphatic heterocycles. The zero-order chi connectivity index (χ0) is 22.9. The number of rotatable bonds is 4. The van der Waals surface area contributed by atoms with Crippen LogP contribution in [-0.4, -0.2) is 36.7 Å². The summed E-state index contributed by atoms with van der Waals surface area (Å²) in [5, 5.41) is 4.04. The summed E-state index contributed by atoms with van der Waals surface area (Å²) in [4.78, 5) is 18.6. The third kappa shape index (κ3) is 3.65. The van der Waals surface area contributed by atoms with E-state index in [-0.39, 0.29) is 11.8 Å². The number of aromatic amines is 1. The topological polar surface area (TPSA) is 66.6 Å². The lowest BCUT2D eigenvalue weighted by atomic mass is 9.92. The number of carbonyl (C=O) groups excluding carboxylic acids is 1. The van der Waals surface area contributed by atoms with Crippen molar-refractivity contribution in [3.63, 3.8) is 0 Å². The van der Waals surface area contributed by atoms with Crippen molar-refractivity contribution in [2.45, 2.75) is 12.5 Å². The minimum Gasteiger partial charge on any atom is -0.497 e. The first-order valence-corrected chi connectivity index (χ1v) is 10.7. The molecule has 1 atom stereocenters. The van der Waals surface area contributed by atoms with Gasteiger partial charge >= 0.3 is 6.03 Å². The molecule has 0 fully saturated rings. The van der Waals surface area contributed by atoms with Crippen LogP contribution in [0.1, 0.15) is 22.9 Å². The summed E-state index contributed by atoms with van der Waals surface area (Å²) in [5.74, 6) is 0.747. The van der Waals surface area contributed by atoms with E-state index in [1.807, 2.05) is 18.2 Å². The van der Waals surface area contributed by atoms with Gasteiger partial charge in [-0.15, -0.1) is 0 Å². The van der Waals surface area contributed by atoms with Gasteiger partial charge in [-0.3, -0.25) is 0 Å². The molecule has 6 nitrogen and oxygen atoms in total. The molecule has 5 rings (SSSR count). The Labute approximate surface area is 190 Å². The van der Waals surface area contributed by atoms with Gasteiger partial charge in [-0.2, -0.15) is 0 Å². The van der Waals surface area contributed by atoms with Gasteiger partial charge in [0.15, 0.2) is 0 Å². The van der Waals surface area contributed by atoms with Gasteiger partial charge < -0.3 is 24.7 Å². The van der Waals surface area contributed by atoms with Crippen molar-refractivity contribution in [3.05, 3.63) is 89.4 Å². The molecule has 33 heavy (non-hydrogen) atoms. The fraction of sp³-hybridized carbons (Fsp3) is 0.192. The Balaban J connectivity index is 1.56. The Hall–Kier alpha value is -4.00. The maximum atomic E-state index is 15.0. The zero-order valence-electron chi connectivity index (χ0n) is 18.4. The van der Waals surface area contributed by atoms with Crippen molar-refractivity contribution >= 4 is 22.6 Å². The smallest absolute Gasteiger partial charge is 0.322 e. The molecule has 2 N–H and O–H groups in total. The number of para-hydroxylation sites is 1. The largest absolute Gasteiger partial charge is 0.497 e. The maximum Gasteiger partial charge on any atom is 0.322 e. The van der Waals surface area contributed by atoms with E-state index in [1.54, 1.807) is 48.4 Å². The van der Waals surface area contributed by atoms with Crippen LogP contribution in [0, 0.1) is 5.82 Å². The van der Waals surface area contributed by atoms with E-state index in [4.69, 9.17) is 9.47 Å². The molecule has 3 aromatic carbocycles. The van der Waals surface area contributed by atoms with Crippen LogP contribution < -0.4 is 14.8 Å². The maximum absolute atomic E-state index is 15.0. The van der Waals surface area contributed by atoms with Crippen molar-refractivity contribution in [2.24, 2.45) is 0 Å². The third-order valence-electron chi connectivity index (χ3n) is 6.15. The number of ether oxygens (including phenoxy) is 2. The molecular weight excluding hydrogens is 421 g/mol. The second kappa shape index (κ2) is 8.50. The summed E-state index contributed by atoms with van der Waals surface area (Å²) < 4.78 is 25.6. The average molecular weight is 445 g/mol. The summed E-state index contributed by atoms with van der Waals surface area (Å²) >= 11 is 0. The monoisotopic (exact) mass is 445 g/mol. The van der Waals surface area contributed by atoms with Crippen LogP contribution in [0.2, 0.25) is 0 Å². The minimum absolute atomic E-state index is 0.337. The number of nitrogens with one attached hydrogen (secondary N) is 2. The van der Waals surface area contributed by atoms with Gasteiger partial charge in [0.25, 0.3) is 0 Å². The summed E-state index contributed by atoms with van der Waals surface area (Å²) in [6.45, 7) is 0.443. The molecule has 0 spiro atoms. The SMILES string of the molecule is COc1ccc(NC(=O)N2CCc3c([nH]c4ccccc34)C2c2ccccc2F)c(OC)c1. The molecular formula is C26H24FN3O3. The predicted molar refractivity (Wildman–Crippen MR) is 126 cm³/mol. The highest BCUT2D eigenvalue weighted by atomic mass is 19.1. The number of anilines is 1. The quantitative estimate of drug-likeness (QED) is 0.436. The first-order valence-electron chi connectivity index (χ1n) is 10.7. The summed E-state index contributed by atoms with van der Waals surface area (Å²) in [5.41, 5.74) is 3.89. The van der Waals surface area contributed by atoms with Gasteiger partial charge in [0.1, 0.15) is 23.4 Å². The molecule has 4 aromatic rings. The lowest BCUT2D eigenvalue weighted by Crippen LogP contribution is -2.43. The van der Waals surface area contributed by atoms with Crippen LogP contribution in [0.15, 0.2) is 66.7 Å². The number of hydrogen-bond donors (Lipinski definition) is 2. The number of amides is 2. The van der Waals surface area contributed by atoms with Crippen molar-refractivity contribution in [1.29, 1.82) is 0 Å². The molecule has 1 aliphatic rings. The Morgan fingerprint density at radius 2 is 1.85 bits per heavy atom. The average Bonchev–Trinajstić information content (AvgIpc) is 3.23.